The van der Waals surface area contributed by atoms with Gasteiger partial charge < -0.3 is 53.4 Å². The maximum absolute atomic E-state index is 11.2. The smallest absolute Gasteiger partial charge is 0.790 e. The number of aliphatic hydroxyl groups is 2. The molecule has 2 radical (unpaired) electrons. The van der Waals surface area contributed by atoms with Crippen molar-refractivity contribution in [2.75, 3.05) is 0 Å². The van der Waals surface area contributed by atoms with Crippen LogP contribution in [0.1, 0.15) is 68.3 Å². The molecule has 2 atom stereocenters. The molecule has 204 valence electrons. The summed E-state index contributed by atoms with van der Waals surface area (Å²) in [6.45, 7) is 3.06. The molecule has 0 aromatic carbocycles. The summed E-state index contributed by atoms with van der Waals surface area (Å²) < 4.78 is 21.2. The zero-order valence-electron chi connectivity index (χ0n) is 18.9. The number of phosphoric acid groups is 2. The summed E-state index contributed by atoms with van der Waals surface area (Å²) in [4.78, 5) is 67.5. The van der Waals surface area contributed by atoms with Gasteiger partial charge in [-0.25, -0.2) is 0 Å². The molecule has 2 unspecified atom stereocenters. The van der Waals surface area contributed by atoms with Crippen molar-refractivity contribution in [2.24, 2.45) is 0 Å². The Morgan fingerprint density at radius 2 is 1.11 bits per heavy atom. The molecule has 0 fully saturated rings. The Morgan fingerprint density at radius 3 is 1.32 bits per heavy atom. The first-order valence-electron chi connectivity index (χ1n) is 9.41. The largest absolute Gasteiger partial charge is 2.00 e. The van der Waals surface area contributed by atoms with E-state index in [0.29, 0.717) is 12.6 Å². The van der Waals surface area contributed by atoms with Gasteiger partial charge in [-0.15, -0.1) is 0 Å². The van der Waals surface area contributed by atoms with Gasteiger partial charge in [0, 0.05) is 23.5 Å². The quantitative estimate of drug-likeness (QED) is 0.135. The zero-order chi connectivity index (χ0) is 27.1. The molecular formula is C18H20Mn2N2O13P2. The predicted octanol–water partition coefficient (Wildman–Crippen LogP) is -1.67. The van der Waals surface area contributed by atoms with Crippen molar-refractivity contribution < 1.29 is 97.2 Å². The van der Waals surface area contributed by atoms with Crippen LogP contribution in [0, 0.1) is 13.8 Å². The normalized spacial score (nSPS) is 12.6. The number of aliphatic hydroxyl groups excluding tert-OH is 2. The summed E-state index contributed by atoms with van der Waals surface area (Å²) in [5.74, 6) is -0.596. The Morgan fingerprint density at radius 1 is 0.811 bits per heavy atom. The van der Waals surface area contributed by atoms with Crippen LogP contribution < -0.4 is 19.6 Å². The SMILES string of the molecule is Cc1ncc(C(O)CCC(O)c2cnc(C)c(O)c2C=O)c(C=O)c1O.O=P([O-])([O-])OP(=O)([O-])[O-].[Mn+2].[Mn+2]. The second-order valence-electron chi connectivity index (χ2n) is 6.94. The molecule has 0 saturated carbocycles. The first kappa shape index (κ1) is 37.6. The summed E-state index contributed by atoms with van der Waals surface area (Å²) in [7, 11) is -11.4. The first-order chi connectivity index (χ1) is 16.0. The molecule has 2 aromatic heterocycles. The van der Waals surface area contributed by atoms with Gasteiger partial charge in [0.15, 0.2) is 12.6 Å². The number of pyridine rings is 2. The molecule has 0 aliphatic heterocycles. The van der Waals surface area contributed by atoms with Crippen LogP contribution in [-0.2, 0) is 47.6 Å². The first-order valence-corrected chi connectivity index (χ1v) is 12.3. The summed E-state index contributed by atoms with van der Waals surface area (Å²) in [6.07, 6.45) is 1.21. The van der Waals surface area contributed by atoms with E-state index in [1.54, 1.807) is 0 Å². The summed E-state index contributed by atoms with van der Waals surface area (Å²) >= 11 is 0. The Hall–Kier alpha value is -1.54. The Balaban J connectivity index is 0. The number of aromatic hydroxyl groups is 2. The predicted molar refractivity (Wildman–Crippen MR) is 108 cm³/mol. The Labute approximate surface area is 231 Å². The topological polar surface area (TPSA) is 276 Å². The number of carbonyl (C=O) groups is 2. The van der Waals surface area contributed by atoms with Gasteiger partial charge in [0.05, 0.1) is 50.4 Å². The average Bonchev–Trinajstić information content (AvgIpc) is 2.73. The summed E-state index contributed by atoms with van der Waals surface area (Å²) in [5, 5.41) is 40.4. The minimum absolute atomic E-state index is 0. The molecule has 37 heavy (non-hydrogen) atoms. The fraction of sp³-hybridized carbons (Fsp3) is 0.333. The van der Waals surface area contributed by atoms with Crippen LogP contribution >= 0.6 is 15.6 Å². The van der Waals surface area contributed by atoms with Gasteiger partial charge >= 0.3 is 34.1 Å². The number of aryl methyl sites for hydroxylation is 2. The van der Waals surface area contributed by atoms with Gasteiger partial charge in [0.25, 0.3) is 0 Å². The van der Waals surface area contributed by atoms with E-state index in [0.717, 1.165) is 0 Å². The molecule has 0 aliphatic rings. The van der Waals surface area contributed by atoms with Crippen molar-refractivity contribution in [2.45, 2.75) is 38.9 Å². The molecule has 0 saturated heterocycles. The van der Waals surface area contributed by atoms with Crippen molar-refractivity contribution in [3.63, 3.8) is 0 Å². The molecule has 4 N–H and O–H groups in total. The third-order valence-electron chi connectivity index (χ3n) is 4.48. The minimum atomic E-state index is -5.68. The minimum Gasteiger partial charge on any atom is -0.790 e. The number of carbonyl (C=O) groups excluding carboxylic acids is 2. The molecule has 15 nitrogen and oxygen atoms in total. The average molecular weight is 644 g/mol. The van der Waals surface area contributed by atoms with E-state index >= 15 is 0 Å². The van der Waals surface area contributed by atoms with Crippen LogP contribution in [0.25, 0.3) is 0 Å². The van der Waals surface area contributed by atoms with E-state index in [1.807, 2.05) is 0 Å². The van der Waals surface area contributed by atoms with Crippen LogP contribution in [0.2, 0.25) is 0 Å². The van der Waals surface area contributed by atoms with E-state index in [2.05, 4.69) is 14.3 Å². The van der Waals surface area contributed by atoms with Crippen molar-refractivity contribution >= 4 is 28.2 Å². The number of hydrogen-bond donors (Lipinski definition) is 4. The molecular weight excluding hydrogens is 624 g/mol. The van der Waals surface area contributed by atoms with Crippen molar-refractivity contribution in [1.82, 2.24) is 9.97 Å². The van der Waals surface area contributed by atoms with E-state index in [9.17, 15) is 58.7 Å². The number of nitrogens with zero attached hydrogens (tertiary/aromatic N) is 2. The van der Waals surface area contributed by atoms with Gasteiger partial charge in [-0.1, -0.05) is 0 Å². The fourth-order valence-corrected chi connectivity index (χ4v) is 3.77. The van der Waals surface area contributed by atoms with Crippen LogP contribution in [0.4, 0.5) is 0 Å². The van der Waals surface area contributed by atoms with E-state index in [1.165, 1.54) is 26.2 Å². The summed E-state index contributed by atoms with van der Waals surface area (Å²) in [6, 6.07) is 0. The molecule has 0 bridgehead atoms. The molecule has 0 amide bonds. The third-order valence-corrected chi connectivity index (χ3v) is 6.08. The summed E-state index contributed by atoms with van der Waals surface area (Å²) in [5.41, 5.74) is 0.719. The van der Waals surface area contributed by atoms with E-state index < -0.39 is 27.9 Å². The fourth-order valence-electron chi connectivity index (χ4n) is 2.79. The van der Waals surface area contributed by atoms with Crippen LogP contribution in [-0.4, -0.2) is 43.0 Å². The molecule has 2 heterocycles. The molecule has 19 heteroatoms. The standard InChI is InChI=1S/C18H20N2O6.2Mn.H4O7P2/c1-9-17(25)13(7-21)11(5-19-9)15(23)3-4-16(24)12-6-20-10(2)18(26)14(12)8-22;;;1-8(2,3)7-9(4,5)6/h5-8,15-16,23-26H,3-4H2,1-2H3;;;(H2,1,2,3)(H2,4,5,6)/q;2*+2;/p-4. The van der Waals surface area contributed by atoms with Crippen molar-refractivity contribution in [3.05, 3.63) is 46.0 Å². The van der Waals surface area contributed by atoms with Crippen molar-refractivity contribution in [1.29, 1.82) is 0 Å². The van der Waals surface area contributed by atoms with Crippen LogP contribution in [0.5, 0.6) is 11.5 Å². The van der Waals surface area contributed by atoms with Gasteiger partial charge in [-0.3, -0.25) is 19.6 Å². The number of hydrogen-bond acceptors (Lipinski definition) is 15. The van der Waals surface area contributed by atoms with Gasteiger partial charge in [-0.2, -0.15) is 0 Å². The second kappa shape index (κ2) is 15.8. The molecule has 2 aromatic rings. The maximum Gasteiger partial charge on any atom is 2.00 e. The Bertz CT molecular complexity index is 1080. The number of rotatable bonds is 9. The second-order valence-corrected chi connectivity index (χ2v) is 9.39. The van der Waals surface area contributed by atoms with Crippen molar-refractivity contribution in [3.8, 4) is 11.5 Å². The zero-order valence-corrected chi connectivity index (χ0v) is 23.0. The van der Waals surface area contributed by atoms with E-state index in [4.69, 9.17) is 0 Å². The monoisotopic (exact) mass is 644 g/mol. The maximum atomic E-state index is 11.2. The van der Waals surface area contributed by atoms with Crippen LogP contribution in [0.15, 0.2) is 12.4 Å². The van der Waals surface area contributed by atoms with Gasteiger partial charge in [0.1, 0.15) is 11.5 Å². The molecule has 0 spiro atoms. The molecule has 2 rings (SSSR count). The van der Waals surface area contributed by atoms with Gasteiger partial charge in [0.2, 0.25) is 0 Å². The van der Waals surface area contributed by atoms with Crippen LogP contribution in [0.3, 0.4) is 0 Å². The Kier molecular flexibility index (Phi) is 16.0. The van der Waals surface area contributed by atoms with E-state index in [-0.39, 0.29) is 92.1 Å². The number of aromatic nitrogens is 2. The number of aldehydes is 2. The molecule has 0 aliphatic carbocycles. The van der Waals surface area contributed by atoms with Gasteiger partial charge in [-0.05, 0) is 26.7 Å². The third kappa shape index (κ3) is 11.8.